The van der Waals surface area contributed by atoms with Crippen molar-refractivity contribution >= 4 is 29.0 Å². The van der Waals surface area contributed by atoms with E-state index in [-0.39, 0.29) is 24.9 Å². The van der Waals surface area contributed by atoms with Crippen LogP contribution in [0.5, 0.6) is 5.75 Å². The highest BCUT2D eigenvalue weighted by Crippen LogP contribution is 2.13. The Balaban J connectivity index is 1.83. The minimum atomic E-state index is -0.281. The fourth-order valence-electron chi connectivity index (χ4n) is 1.89. The molecule has 0 radical (unpaired) electrons. The summed E-state index contributed by atoms with van der Waals surface area (Å²) in [6, 6.07) is 7.18. The molecule has 1 heterocycles. The van der Waals surface area contributed by atoms with Crippen LogP contribution in [0.1, 0.15) is 5.56 Å². The summed E-state index contributed by atoms with van der Waals surface area (Å²) < 4.78 is 5.57. The Morgan fingerprint density at radius 2 is 2.05 bits per heavy atom. The third kappa shape index (κ3) is 4.01. The zero-order valence-electron chi connectivity index (χ0n) is 10.8. The molecule has 1 aromatic carbocycles. The van der Waals surface area contributed by atoms with Gasteiger partial charge >= 0.3 is 0 Å². The second-order valence-electron chi connectivity index (χ2n) is 4.42. The van der Waals surface area contributed by atoms with E-state index >= 15 is 0 Å². The Kier molecular flexibility index (Phi) is 4.65. The molecule has 0 saturated carbocycles. The topological polar surface area (TPSA) is 84.7 Å². The van der Waals surface area contributed by atoms with Crippen LogP contribution in [0.4, 0.5) is 0 Å². The number of carbonyl (C=O) groups is 2. The molecule has 0 bridgehead atoms. The van der Waals surface area contributed by atoms with Gasteiger partial charge in [-0.1, -0.05) is 24.4 Å². The van der Waals surface area contributed by atoms with E-state index in [0.29, 0.717) is 23.9 Å². The molecule has 2 rings (SSSR count). The predicted molar refractivity (Wildman–Crippen MR) is 77.4 cm³/mol. The Morgan fingerprint density at radius 1 is 1.35 bits per heavy atom. The number of thiocarbonyl (C=S) groups is 1. The van der Waals surface area contributed by atoms with Crippen molar-refractivity contribution in [1.82, 2.24) is 10.2 Å². The van der Waals surface area contributed by atoms with Crippen molar-refractivity contribution in [3.05, 3.63) is 29.8 Å². The Labute approximate surface area is 121 Å². The van der Waals surface area contributed by atoms with Crippen molar-refractivity contribution < 1.29 is 14.3 Å². The molecule has 3 N–H and O–H groups in total. The molecule has 20 heavy (non-hydrogen) atoms. The van der Waals surface area contributed by atoms with Gasteiger partial charge in [0.25, 0.3) is 0 Å². The molecule has 106 valence electrons. The third-order valence-electron chi connectivity index (χ3n) is 2.81. The van der Waals surface area contributed by atoms with Gasteiger partial charge in [-0.2, -0.15) is 0 Å². The highest BCUT2D eigenvalue weighted by atomic mass is 32.1. The second-order valence-corrected chi connectivity index (χ2v) is 4.86. The summed E-state index contributed by atoms with van der Waals surface area (Å²) in [5.41, 5.74) is 6.29. The number of ether oxygens (including phenoxy) is 1. The number of amides is 2. The molecule has 7 heteroatoms. The van der Waals surface area contributed by atoms with Gasteiger partial charge in [-0.3, -0.25) is 19.8 Å². The van der Waals surface area contributed by atoms with Gasteiger partial charge in [0.2, 0.25) is 11.8 Å². The first-order chi connectivity index (χ1) is 9.54. The first kappa shape index (κ1) is 14.4. The fourth-order valence-corrected chi connectivity index (χ4v) is 2.01. The van der Waals surface area contributed by atoms with Gasteiger partial charge in [0.1, 0.15) is 17.3 Å². The van der Waals surface area contributed by atoms with Gasteiger partial charge in [0.05, 0.1) is 13.1 Å². The average molecular weight is 293 g/mol. The molecule has 0 aliphatic carbocycles. The van der Waals surface area contributed by atoms with Gasteiger partial charge in [-0.25, -0.2) is 0 Å². The number of benzene rings is 1. The monoisotopic (exact) mass is 293 g/mol. The Morgan fingerprint density at radius 3 is 2.70 bits per heavy atom. The molecule has 0 unspecified atom stereocenters. The van der Waals surface area contributed by atoms with E-state index in [1.807, 2.05) is 12.1 Å². The molecule has 1 aliphatic rings. The number of nitrogens with zero attached hydrogens (tertiary/aromatic N) is 1. The lowest BCUT2D eigenvalue weighted by atomic mass is 10.2. The third-order valence-corrected chi connectivity index (χ3v) is 3.04. The summed E-state index contributed by atoms with van der Waals surface area (Å²) in [5.74, 6) is 0.0940. The molecule has 6 nitrogen and oxygen atoms in total. The summed E-state index contributed by atoms with van der Waals surface area (Å²) in [6.45, 7) is 1.29. The Bertz CT molecular complexity index is 531. The van der Waals surface area contributed by atoms with Crippen LogP contribution < -0.4 is 15.8 Å². The van der Waals surface area contributed by atoms with Crippen molar-refractivity contribution in [3.63, 3.8) is 0 Å². The summed E-state index contributed by atoms with van der Waals surface area (Å²) in [7, 11) is 0. The van der Waals surface area contributed by atoms with Crippen LogP contribution >= 0.6 is 12.2 Å². The second kappa shape index (κ2) is 6.44. The fraction of sp³-hybridized carbons (Fsp3) is 0.308. The summed E-state index contributed by atoms with van der Waals surface area (Å²) in [6.07, 6.45) is 0. The van der Waals surface area contributed by atoms with E-state index in [1.54, 1.807) is 17.0 Å². The normalized spacial score (nSPS) is 15.8. The van der Waals surface area contributed by atoms with Crippen LogP contribution in [-0.4, -0.2) is 47.9 Å². The molecule has 2 amide bonds. The van der Waals surface area contributed by atoms with Crippen molar-refractivity contribution in [2.45, 2.75) is 0 Å². The number of nitrogens with one attached hydrogen (secondary N) is 1. The lowest BCUT2D eigenvalue weighted by Gasteiger charge is -2.24. The van der Waals surface area contributed by atoms with E-state index < -0.39 is 0 Å². The minimum absolute atomic E-state index is 0.210. The SMILES string of the molecule is NC(=S)c1cccc(OCCN2CC(=O)NC(=O)C2)c1. The molecular weight excluding hydrogens is 278 g/mol. The van der Waals surface area contributed by atoms with Crippen LogP contribution in [0, 0.1) is 0 Å². The molecule has 1 aromatic rings. The van der Waals surface area contributed by atoms with E-state index in [9.17, 15) is 9.59 Å². The molecular formula is C13H15N3O3S. The Hall–Kier alpha value is -1.99. The van der Waals surface area contributed by atoms with Gasteiger partial charge < -0.3 is 10.5 Å². The first-order valence-electron chi connectivity index (χ1n) is 6.12. The number of nitrogens with two attached hydrogens (primary N) is 1. The lowest BCUT2D eigenvalue weighted by Crippen LogP contribution is -2.52. The van der Waals surface area contributed by atoms with Gasteiger partial charge in [0, 0.05) is 12.1 Å². The van der Waals surface area contributed by atoms with Gasteiger partial charge in [0.15, 0.2) is 0 Å². The van der Waals surface area contributed by atoms with E-state index in [4.69, 9.17) is 22.7 Å². The minimum Gasteiger partial charge on any atom is -0.492 e. The molecule has 1 saturated heterocycles. The van der Waals surface area contributed by atoms with E-state index in [0.717, 1.165) is 5.56 Å². The lowest BCUT2D eigenvalue weighted by molar-refractivity contribution is -0.136. The quantitative estimate of drug-likeness (QED) is 0.571. The van der Waals surface area contributed by atoms with Crippen molar-refractivity contribution in [1.29, 1.82) is 0 Å². The number of hydrogen-bond acceptors (Lipinski definition) is 5. The maximum atomic E-state index is 11.2. The first-order valence-corrected chi connectivity index (χ1v) is 6.53. The van der Waals surface area contributed by atoms with E-state index in [2.05, 4.69) is 5.32 Å². The van der Waals surface area contributed by atoms with Crippen LogP contribution in [0.3, 0.4) is 0 Å². The molecule has 0 spiro atoms. The molecule has 1 fully saturated rings. The summed E-state index contributed by atoms with van der Waals surface area (Å²) in [5, 5.41) is 2.25. The predicted octanol–water partition coefficient (Wildman–Crippen LogP) is -0.342. The smallest absolute Gasteiger partial charge is 0.240 e. The van der Waals surface area contributed by atoms with Crippen molar-refractivity contribution in [2.24, 2.45) is 5.73 Å². The van der Waals surface area contributed by atoms with Crippen molar-refractivity contribution in [3.8, 4) is 5.75 Å². The van der Waals surface area contributed by atoms with Crippen LogP contribution in [-0.2, 0) is 9.59 Å². The highest BCUT2D eigenvalue weighted by Gasteiger charge is 2.21. The highest BCUT2D eigenvalue weighted by molar-refractivity contribution is 7.80. The number of hydrogen-bond donors (Lipinski definition) is 2. The molecule has 0 atom stereocenters. The van der Waals surface area contributed by atoms with Gasteiger partial charge in [-0.05, 0) is 12.1 Å². The number of rotatable bonds is 5. The molecule has 1 aliphatic heterocycles. The maximum absolute atomic E-state index is 11.2. The van der Waals surface area contributed by atoms with Crippen LogP contribution in [0.15, 0.2) is 24.3 Å². The maximum Gasteiger partial charge on any atom is 0.240 e. The van der Waals surface area contributed by atoms with Crippen LogP contribution in [0.25, 0.3) is 0 Å². The van der Waals surface area contributed by atoms with Crippen molar-refractivity contribution in [2.75, 3.05) is 26.2 Å². The number of piperazine rings is 1. The average Bonchev–Trinajstić information content (AvgIpc) is 2.38. The van der Waals surface area contributed by atoms with Gasteiger partial charge in [-0.15, -0.1) is 0 Å². The number of imide groups is 1. The molecule has 0 aromatic heterocycles. The standard InChI is InChI=1S/C13H15N3O3S/c14-13(20)9-2-1-3-10(6-9)19-5-4-16-7-11(17)15-12(18)8-16/h1-3,6H,4-5,7-8H2,(H2,14,20)(H,15,17,18). The largest absolute Gasteiger partial charge is 0.492 e. The zero-order valence-corrected chi connectivity index (χ0v) is 11.6. The van der Waals surface area contributed by atoms with Crippen LogP contribution in [0.2, 0.25) is 0 Å². The number of carbonyl (C=O) groups excluding carboxylic acids is 2. The van der Waals surface area contributed by atoms with E-state index in [1.165, 1.54) is 0 Å². The summed E-state index contributed by atoms with van der Waals surface area (Å²) >= 11 is 4.89. The summed E-state index contributed by atoms with van der Waals surface area (Å²) in [4.78, 5) is 24.4. The zero-order chi connectivity index (χ0) is 14.5.